The van der Waals surface area contributed by atoms with Gasteiger partial charge in [0.15, 0.2) is 0 Å². The van der Waals surface area contributed by atoms with Gasteiger partial charge in [0.1, 0.15) is 5.65 Å². The molecule has 1 aliphatic heterocycles. The van der Waals surface area contributed by atoms with Crippen LogP contribution < -0.4 is 20.0 Å². The summed E-state index contributed by atoms with van der Waals surface area (Å²) in [6, 6.07) is 34.7. The van der Waals surface area contributed by atoms with E-state index in [0.29, 0.717) is 0 Å². The summed E-state index contributed by atoms with van der Waals surface area (Å²) in [6.07, 6.45) is 0. The zero-order chi connectivity index (χ0) is 22.2. The second kappa shape index (κ2) is 6.56. The third kappa shape index (κ3) is 2.31. The van der Waals surface area contributed by atoms with Crippen LogP contribution in [0.15, 0.2) is 97.1 Å². The zero-order valence-corrected chi connectivity index (χ0v) is 19.5. The Balaban J connectivity index is 1.78. The van der Waals surface area contributed by atoms with Crippen LogP contribution in [0.4, 0.5) is 0 Å². The van der Waals surface area contributed by atoms with Crippen LogP contribution in [0.1, 0.15) is 11.3 Å². The fraction of sp³-hybridized carbons (Fsp3) is 0.0690. The second-order valence-corrected chi connectivity index (χ2v) is 12.1. The number of fused-ring (bicyclic) bond motifs is 3. The first-order valence-electron chi connectivity index (χ1n) is 11.3. The van der Waals surface area contributed by atoms with E-state index >= 15 is 0 Å². The van der Waals surface area contributed by atoms with Gasteiger partial charge in [-0.05, 0) is 35.2 Å². The van der Waals surface area contributed by atoms with Gasteiger partial charge in [-0.15, -0.1) is 0 Å². The summed E-state index contributed by atoms with van der Waals surface area (Å²) in [5, 5.41) is 7.48. The van der Waals surface area contributed by atoms with Gasteiger partial charge in [0.2, 0.25) is 5.88 Å². The number of hydrogen-bond donors (Lipinski definition) is 0. The Morgan fingerprint density at radius 2 is 1.30 bits per heavy atom. The van der Waals surface area contributed by atoms with Gasteiger partial charge in [0.25, 0.3) is 0 Å². The van der Waals surface area contributed by atoms with Crippen molar-refractivity contribution < 1.29 is 4.43 Å². The molecule has 0 radical (unpaired) electrons. The van der Waals surface area contributed by atoms with Crippen LogP contribution in [0.25, 0.3) is 27.3 Å². The van der Waals surface area contributed by atoms with E-state index in [4.69, 9.17) is 9.41 Å². The molecule has 0 N–H and O–H groups in total. The van der Waals surface area contributed by atoms with Crippen molar-refractivity contribution in [1.82, 2.24) is 9.38 Å². The lowest BCUT2D eigenvalue weighted by molar-refractivity contribution is 0.539. The maximum atomic E-state index is 7.25. The van der Waals surface area contributed by atoms with Gasteiger partial charge >= 0.3 is 8.32 Å². The predicted octanol–water partition coefficient (Wildman–Crippen LogP) is 4.62. The van der Waals surface area contributed by atoms with E-state index in [1.165, 1.54) is 37.4 Å². The van der Waals surface area contributed by atoms with Gasteiger partial charge in [-0.2, -0.15) is 0 Å². The number of nitrogens with zero attached hydrogens (tertiary/aromatic N) is 2. The normalized spacial score (nSPS) is 14.2. The van der Waals surface area contributed by atoms with Crippen molar-refractivity contribution in [2.45, 2.75) is 13.8 Å². The highest BCUT2D eigenvalue weighted by molar-refractivity contribution is 7.08. The fourth-order valence-electron chi connectivity index (χ4n) is 5.61. The smallest absolute Gasteiger partial charge is 0.350 e. The quantitative estimate of drug-likeness (QED) is 0.289. The number of benzene rings is 4. The highest BCUT2D eigenvalue weighted by Crippen LogP contribution is 2.38. The van der Waals surface area contributed by atoms with E-state index in [-0.39, 0.29) is 0 Å². The zero-order valence-electron chi connectivity index (χ0n) is 18.5. The molecule has 4 heteroatoms. The van der Waals surface area contributed by atoms with Crippen LogP contribution in [0.3, 0.4) is 0 Å². The predicted molar refractivity (Wildman–Crippen MR) is 138 cm³/mol. The highest BCUT2D eigenvalue weighted by Gasteiger charge is 2.49. The Morgan fingerprint density at radius 1 is 0.697 bits per heavy atom. The second-order valence-electron chi connectivity index (χ2n) is 8.88. The molecular formula is C29H22N2OSi. The Bertz CT molecular complexity index is 1670. The van der Waals surface area contributed by atoms with Crippen molar-refractivity contribution in [3.05, 3.63) is 108 Å². The van der Waals surface area contributed by atoms with Crippen molar-refractivity contribution in [3.8, 4) is 5.88 Å². The van der Waals surface area contributed by atoms with E-state index < -0.39 is 8.32 Å². The lowest BCUT2D eigenvalue weighted by Crippen LogP contribution is -2.73. The van der Waals surface area contributed by atoms with Gasteiger partial charge in [-0.1, -0.05) is 97.1 Å². The molecule has 0 saturated carbocycles. The van der Waals surface area contributed by atoms with E-state index in [1.807, 2.05) is 0 Å². The number of hydrogen-bond acceptors (Lipinski definition) is 2. The van der Waals surface area contributed by atoms with Crippen molar-refractivity contribution in [2.24, 2.45) is 0 Å². The third-order valence-corrected chi connectivity index (χ3v) is 11.0. The van der Waals surface area contributed by atoms with Crippen molar-refractivity contribution >= 4 is 51.2 Å². The topological polar surface area (TPSA) is 26.5 Å². The minimum atomic E-state index is -2.83. The van der Waals surface area contributed by atoms with E-state index in [2.05, 4.69) is 115 Å². The summed E-state index contributed by atoms with van der Waals surface area (Å²) in [7, 11) is -2.83. The molecule has 158 valence electrons. The van der Waals surface area contributed by atoms with Crippen molar-refractivity contribution in [3.63, 3.8) is 0 Å². The van der Waals surface area contributed by atoms with Crippen LogP contribution in [-0.2, 0) is 0 Å². The number of pyridine rings is 1. The molecule has 7 rings (SSSR count). The minimum absolute atomic E-state index is 0.873. The van der Waals surface area contributed by atoms with Crippen LogP contribution in [0.5, 0.6) is 5.88 Å². The Morgan fingerprint density at radius 3 is 1.97 bits per heavy atom. The molecule has 2 aromatic heterocycles. The van der Waals surface area contributed by atoms with E-state index in [1.54, 1.807) is 0 Å². The summed E-state index contributed by atoms with van der Waals surface area (Å²) in [5.74, 6) is 0.873. The summed E-state index contributed by atoms with van der Waals surface area (Å²) in [5.41, 5.74) is 4.42. The molecule has 0 aliphatic carbocycles. The maximum absolute atomic E-state index is 7.25. The SMILES string of the molecule is Cc1nc2c3ccccc3c3c(C)ccc4c3n2c1O[Si]4(c1ccccc1)c1ccccc1. The number of aromatic nitrogens is 2. The molecule has 0 saturated heterocycles. The standard InChI is InChI=1S/C29H22N2OSi/c1-19-17-18-25-27-26(19)23-15-9-10-16-24(23)28-30-20(2)29(31(27)28)32-33(25,21-11-5-3-6-12-21)22-13-7-4-8-14-22/h3-18H,1-2H3. The van der Waals surface area contributed by atoms with Crippen LogP contribution in [0.2, 0.25) is 0 Å². The summed E-state index contributed by atoms with van der Waals surface area (Å²) < 4.78 is 9.52. The molecule has 33 heavy (non-hydrogen) atoms. The molecule has 0 unspecified atom stereocenters. The first-order valence-corrected chi connectivity index (χ1v) is 13.2. The first-order chi connectivity index (χ1) is 16.2. The molecule has 3 nitrogen and oxygen atoms in total. The molecule has 0 amide bonds. The summed E-state index contributed by atoms with van der Waals surface area (Å²) in [6.45, 7) is 4.28. The molecule has 0 spiro atoms. The Labute approximate surface area is 193 Å². The molecule has 1 aliphatic rings. The molecule has 4 aromatic carbocycles. The average molecular weight is 443 g/mol. The van der Waals surface area contributed by atoms with Gasteiger partial charge in [-0.3, -0.25) is 4.40 Å². The maximum Gasteiger partial charge on any atom is 0.350 e. The molecule has 0 atom stereocenters. The monoisotopic (exact) mass is 442 g/mol. The fourth-order valence-corrected chi connectivity index (χ4v) is 9.65. The van der Waals surface area contributed by atoms with Crippen LogP contribution >= 0.6 is 0 Å². The van der Waals surface area contributed by atoms with E-state index in [0.717, 1.165) is 22.6 Å². The molecule has 0 fully saturated rings. The van der Waals surface area contributed by atoms with Gasteiger partial charge in [0, 0.05) is 16.0 Å². The minimum Gasteiger partial charge on any atom is -0.517 e. The van der Waals surface area contributed by atoms with Gasteiger partial charge in [-0.25, -0.2) is 4.98 Å². The van der Waals surface area contributed by atoms with Crippen LogP contribution in [-0.4, -0.2) is 17.7 Å². The Kier molecular flexibility index (Phi) is 3.71. The highest BCUT2D eigenvalue weighted by atomic mass is 28.4. The first kappa shape index (κ1) is 18.7. The molecule has 3 heterocycles. The summed E-state index contributed by atoms with van der Waals surface area (Å²) in [4.78, 5) is 5.04. The number of rotatable bonds is 2. The number of aryl methyl sites for hydroxylation is 2. The average Bonchev–Trinajstić information content (AvgIpc) is 3.21. The van der Waals surface area contributed by atoms with Crippen molar-refractivity contribution in [1.29, 1.82) is 0 Å². The molecular weight excluding hydrogens is 420 g/mol. The van der Waals surface area contributed by atoms with Crippen LogP contribution in [0, 0.1) is 13.8 Å². The lowest BCUT2D eigenvalue weighted by Gasteiger charge is -2.37. The number of imidazole rings is 1. The third-order valence-electron chi connectivity index (χ3n) is 7.03. The van der Waals surface area contributed by atoms with E-state index in [9.17, 15) is 0 Å². The van der Waals surface area contributed by atoms with Crippen molar-refractivity contribution in [2.75, 3.05) is 0 Å². The summed E-state index contributed by atoms with van der Waals surface area (Å²) >= 11 is 0. The van der Waals surface area contributed by atoms with Gasteiger partial charge in [0.05, 0.1) is 11.2 Å². The lowest BCUT2D eigenvalue weighted by atomic mass is 10.0. The molecule has 0 bridgehead atoms. The largest absolute Gasteiger partial charge is 0.517 e. The Hall–Kier alpha value is -3.89. The van der Waals surface area contributed by atoms with Gasteiger partial charge < -0.3 is 4.43 Å². The molecule has 6 aromatic rings.